The first-order valence-corrected chi connectivity index (χ1v) is 9.63. The number of carbonyl (C=O) groups excluding carboxylic acids is 1. The van der Waals surface area contributed by atoms with E-state index < -0.39 is 23.6 Å². The number of hydrogen-bond acceptors (Lipinski definition) is 4. The predicted molar refractivity (Wildman–Crippen MR) is 104 cm³/mol. The fourth-order valence-corrected chi connectivity index (χ4v) is 3.76. The lowest BCUT2D eigenvalue weighted by molar-refractivity contribution is 0.0908. The lowest BCUT2D eigenvalue weighted by Gasteiger charge is -2.16. The normalized spacial score (nSPS) is 14.1. The highest BCUT2D eigenvalue weighted by molar-refractivity contribution is 6.33. The van der Waals surface area contributed by atoms with Crippen LogP contribution in [0.5, 0.6) is 0 Å². The zero-order valence-corrected chi connectivity index (χ0v) is 16.2. The van der Waals surface area contributed by atoms with Crippen LogP contribution in [0.3, 0.4) is 0 Å². The lowest BCUT2D eigenvalue weighted by Crippen LogP contribution is -2.41. The van der Waals surface area contributed by atoms with Crippen LogP contribution >= 0.6 is 11.6 Å². The smallest absolute Gasteiger partial charge is 0.287 e. The number of fused-ring (bicyclic) bond motifs is 3. The van der Waals surface area contributed by atoms with E-state index in [4.69, 9.17) is 21.8 Å². The van der Waals surface area contributed by atoms with Crippen LogP contribution < -0.4 is 11.1 Å². The van der Waals surface area contributed by atoms with E-state index in [0.29, 0.717) is 22.8 Å². The molecule has 1 amide bonds. The first-order chi connectivity index (χ1) is 14.0. The second kappa shape index (κ2) is 7.96. The molecule has 0 spiro atoms. The number of rotatable bonds is 5. The van der Waals surface area contributed by atoms with Crippen LogP contribution in [0.15, 0.2) is 34.9 Å². The number of nitrogens with two attached hydrogens (primary N) is 1. The number of nitrogens with one attached hydrogen (secondary N) is 1. The van der Waals surface area contributed by atoms with Crippen molar-refractivity contribution in [1.29, 1.82) is 0 Å². The third kappa shape index (κ3) is 3.90. The van der Waals surface area contributed by atoms with Crippen molar-refractivity contribution in [3.05, 3.63) is 64.2 Å². The Hall–Kier alpha value is -2.71. The van der Waals surface area contributed by atoms with Gasteiger partial charge in [-0.3, -0.25) is 9.48 Å². The van der Waals surface area contributed by atoms with E-state index in [1.165, 1.54) is 6.07 Å². The van der Waals surface area contributed by atoms with E-state index in [2.05, 4.69) is 10.4 Å². The van der Waals surface area contributed by atoms with Gasteiger partial charge >= 0.3 is 0 Å². The van der Waals surface area contributed by atoms with Gasteiger partial charge in [0.2, 0.25) is 0 Å². The maximum absolute atomic E-state index is 13.4. The molecule has 1 aliphatic rings. The van der Waals surface area contributed by atoms with Crippen LogP contribution in [0.2, 0.25) is 5.02 Å². The minimum Gasteiger partial charge on any atom is -0.455 e. The van der Waals surface area contributed by atoms with Gasteiger partial charge in [-0.1, -0.05) is 17.7 Å². The van der Waals surface area contributed by atoms with Gasteiger partial charge in [-0.25, -0.2) is 8.78 Å². The average Bonchev–Trinajstić information content (AvgIpc) is 3.23. The Bertz CT molecular complexity index is 1060. The van der Waals surface area contributed by atoms with Crippen LogP contribution in [-0.2, 0) is 19.4 Å². The molecule has 3 heterocycles. The average molecular weight is 421 g/mol. The van der Waals surface area contributed by atoms with E-state index in [-0.39, 0.29) is 18.7 Å². The monoisotopic (exact) mass is 420 g/mol. The fraction of sp³-hybridized carbons (Fsp3) is 0.300. The molecule has 0 saturated carbocycles. The number of aryl methyl sites for hydroxylation is 2. The van der Waals surface area contributed by atoms with E-state index in [1.54, 1.807) is 16.9 Å². The molecule has 1 aliphatic heterocycles. The molecule has 3 N–H and O–H groups in total. The Morgan fingerprint density at radius 3 is 2.93 bits per heavy atom. The molecule has 1 atom stereocenters. The van der Waals surface area contributed by atoms with Gasteiger partial charge in [-0.2, -0.15) is 5.10 Å². The topological polar surface area (TPSA) is 86.1 Å². The first kappa shape index (κ1) is 19.6. The zero-order chi connectivity index (χ0) is 20.5. The van der Waals surface area contributed by atoms with Gasteiger partial charge in [0.25, 0.3) is 5.91 Å². The Morgan fingerprint density at radius 2 is 2.17 bits per heavy atom. The SMILES string of the molecule is NCC(Cc1ccc(F)c(F)c1)NC(=O)c1cc2c(o1)CCCn1ncc(Cl)c1-2. The zero-order valence-electron chi connectivity index (χ0n) is 15.4. The second-order valence-electron chi connectivity index (χ2n) is 6.97. The van der Waals surface area contributed by atoms with Gasteiger partial charge in [0, 0.05) is 31.1 Å². The fourth-order valence-electron chi connectivity index (χ4n) is 3.52. The van der Waals surface area contributed by atoms with Gasteiger partial charge < -0.3 is 15.5 Å². The highest BCUT2D eigenvalue weighted by atomic mass is 35.5. The summed E-state index contributed by atoms with van der Waals surface area (Å²) in [6.07, 6.45) is 3.31. The van der Waals surface area contributed by atoms with E-state index >= 15 is 0 Å². The maximum Gasteiger partial charge on any atom is 0.287 e. The standard InChI is InChI=1S/C20H19ClF2N4O2/c21-14-10-25-27-5-1-2-17-13(19(14)27)8-18(29-17)20(28)26-12(9-24)6-11-3-4-15(22)16(23)7-11/h3-4,7-8,10,12H,1-2,5-6,9,24H2,(H,26,28). The van der Waals surface area contributed by atoms with Crippen molar-refractivity contribution in [2.45, 2.75) is 31.8 Å². The molecule has 9 heteroatoms. The van der Waals surface area contributed by atoms with Crippen LogP contribution in [0, 0.1) is 11.6 Å². The first-order valence-electron chi connectivity index (χ1n) is 9.25. The number of amides is 1. The Morgan fingerprint density at radius 1 is 1.34 bits per heavy atom. The Balaban J connectivity index is 1.53. The van der Waals surface area contributed by atoms with Gasteiger partial charge in [-0.05, 0) is 36.6 Å². The van der Waals surface area contributed by atoms with Crippen LogP contribution in [0.4, 0.5) is 8.78 Å². The summed E-state index contributed by atoms with van der Waals surface area (Å²) in [4.78, 5) is 12.7. The molecular weight excluding hydrogens is 402 g/mol. The van der Waals surface area contributed by atoms with E-state index in [1.807, 2.05) is 0 Å². The lowest BCUT2D eigenvalue weighted by atomic mass is 10.1. The highest BCUT2D eigenvalue weighted by Gasteiger charge is 2.25. The summed E-state index contributed by atoms with van der Waals surface area (Å²) in [5.74, 6) is -1.46. The van der Waals surface area contributed by atoms with Gasteiger partial charge in [0.1, 0.15) is 5.76 Å². The molecule has 2 aromatic heterocycles. The summed E-state index contributed by atoms with van der Waals surface area (Å²) < 4.78 is 34.1. The number of halogens is 3. The van der Waals surface area contributed by atoms with Crippen LogP contribution in [0.25, 0.3) is 11.3 Å². The molecule has 1 aromatic carbocycles. The van der Waals surface area contributed by atoms with Crippen molar-refractivity contribution in [2.75, 3.05) is 6.54 Å². The molecule has 29 heavy (non-hydrogen) atoms. The third-order valence-corrected chi connectivity index (χ3v) is 5.22. The summed E-state index contributed by atoms with van der Waals surface area (Å²) in [7, 11) is 0. The van der Waals surface area contributed by atoms with E-state index in [9.17, 15) is 13.6 Å². The minimum atomic E-state index is -0.937. The van der Waals surface area contributed by atoms with Gasteiger partial charge in [0.15, 0.2) is 17.4 Å². The van der Waals surface area contributed by atoms with Crippen LogP contribution in [0.1, 0.15) is 28.3 Å². The van der Waals surface area contributed by atoms with Gasteiger partial charge in [-0.15, -0.1) is 0 Å². The molecule has 0 aliphatic carbocycles. The number of carbonyl (C=O) groups is 1. The molecule has 0 radical (unpaired) electrons. The molecule has 152 valence electrons. The van der Waals surface area contributed by atoms with Crippen molar-refractivity contribution in [2.24, 2.45) is 5.73 Å². The minimum absolute atomic E-state index is 0.129. The Kier molecular flexibility index (Phi) is 5.38. The molecule has 0 bridgehead atoms. The predicted octanol–water partition coefficient (Wildman–Crippen LogP) is 3.32. The van der Waals surface area contributed by atoms with Crippen molar-refractivity contribution in [3.63, 3.8) is 0 Å². The summed E-state index contributed by atoms with van der Waals surface area (Å²) in [6.45, 7) is 0.848. The summed E-state index contributed by atoms with van der Waals surface area (Å²) in [5.41, 5.74) is 7.78. The number of benzene rings is 1. The number of furan rings is 1. The van der Waals surface area contributed by atoms with Crippen molar-refractivity contribution >= 4 is 17.5 Å². The molecular formula is C20H19ClF2N4O2. The van der Waals surface area contributed by atoms with E-state index in [0.717, 1.165) is 36.4 Å². The molecule has 1 unspecified atom stereocenters. The third-order valence-electron chi connectivity index (χ3n) is 4.94. The second-order valence-corrected chi connectivity index (χ2v) is 7.38. The molecule has 0 fully saturated rings. The van der Waals surface area contributed by atoms with Gasteiger partial charge in [0.05, 0.1) is 16.9 Å². The summed E-state index contributed by atoms with van der Waals surface area (Å²) >= 11 is 6.27. The largest absolute Gasteiger partial charge is 0.455 e. The quantitative estimate of drug-likeness (QED) is 0.663. The summed E-state index contributed by atoms with van der Waals surface area (Å²) in [5, 5.41) is 7.55. The van der Waals surface area contributed by atoms with Crippen molar-refractivity contribution in [1.82, 2.24) is 15.1 Å². The summed E-state index contributed by atoms with van der Waals surface area (Å²) in [6, 6.07) is 4.80. The van der Waals surface area contributed by atoms with Crippen LogP contribution in [-0.4, -0.2) is 28.3 Å². The number of hydrogen-bond donors (Lipinski definition) is 2. The van der Waals surface area contributed by atoms with Crippen molar-refractivity contribution in [3.8, 4) is 11.3 Å². The maximum atomic E-state index is 13.4. The van der Waals surface area contributed by atoms with Crippen molar-refractivity contribution < 1.29 is 18.0 Å². The number of aromatic nitrogens is 2. The number of nitrogens with zero attached hydrogens (tertiary/aromatic N) is 2. The molecule has 3 aromatic rings. The highest BCUT2D eigenvalue weighted by Crippen LogP contribution is 2.35. The molecule has 0 saturated heterocycles. The molecule has 4 rings (SSSR count). The Labute approximate surface area is 170 Å². The molecule has 6 nitrogen and oxygen atoms in total.